The molecule has 6 nitrogen and oxygen atoms in total. The molecule has 1 aliphatic heterocycles. The van der Waals surface area contributed by atoms with Crippen molar-refractivity contribution >= 4 is 11.8 Å². The van der Waals surface area contributed by atoms with Crippen molar-refractivity contribution in [3.05, 3.63) is 47.2 Å². The number of ether oxygens (including phenoxy) is 1. The van der Waals surface area contributed by atoms with Crippen LogP contribution in [0.1, 0.15) is 86.9 Å². The van der Waals surface area contributed by atoms with E-state index < -0.39 is 0 Å². The lowest BCUT2D eigenvalue weighted by atomic mass is 9.92. The van der Waals surface area contributed by atoms with Crippen LogP contribution in [0.2, 0.25) is 0 Å². The molecule has 0 saturated carbocycles. The number of carbonyl (C=O) groups is 1. The largest absolute Gasteiger partial charge is 0.466 e. The lowest BCUT2D eigenvalue weighted by Crippen LogP contribution is -2.11. The van der Waals surface area contributed by atoms with Crippen molar-refractivity contribution < 1.29 is 9.53 Å². The number of unbranched alkanes of at least 4 members (excludes halogenated alkanes) is 3. The Morgan fingerprint density at radius 2 is 1.94 bits per heavy atom. The highest BCUT2D eigenvalue weighted by Gasteiger charge is 2.17. The fourth-order valence-electron chi connectivity index (χ4n) is 4.14. The molecule has 0 aromatic carbocycles. The van der Waals surface area contributed by atoms with Gasteiger partial charge in [-0.3, -0.25) is 4.79 Å². The molecule has 168 valence electrons. The second kappa shape index (κ2) is 12.4. The van der Waals surface area contributed by atoms with Crippen LogP contribution in [0, 0.1) is 6.92 Å². The summed E-state index contributed by atoms with van der Waals surface area (Å²) in [6, 6.07) is 4.44. The van der Waals surface area contributed by atoms with Crippen molar-refractivity contribution in [1.82, 2.24) is 15.0 Å². The molecule has 6 heteroatoms. The van der Waals surface area contributed by atoms with E-state index in [1.54, 1.807) is 0 Å². The number of hydrogen-bond donors (Lipinski definition) is 1. The van der Waals surface area contributed by atoms with Gasteiger partial charge in [0.1, 0.15) is 11.6 Å². The normalized spacial score (nSPS) is 14.3. The molecule has 1 unspecified atom stereocenters. The highest BCUT2D eigenvalue weighted by Crippen LogP contribution is 2.26. The number of aromatic nitrogens is 3. The van der Waals surface area contributed by atoms with Gasteiger partial charge in [-0.2, -0.15) is 0 Å². The van der Waals surface area contributed by atoms with Gasteiger partial charge >= 0.3 is 5.97 Å². The number of esters is 1. The summed E-state index contributed by atoms with van der Waals surface area (Å²) in [5.74, 6) is 1.82. The number of anilines is 1. The Balaban J connectivity index is 1.42. The molecule has 2 aromatic rings. The van der Waals surface area contributed by atoms with Gasteiger partial charge in [-0.15, -0.1) is 0 Å². The molecule has 1 atom stereocenters. The smallest absolute Gasteiger partial charge is 0.306 e. The standard InChI is InChI=1S/C25H36N4O2/c1-3-31-24(30)16-21(22-17-27-19(2)28-18-22)11-6-4-5-7-12-23-14-13-20-10-8-9-15-26-25(20)29-23/h13-14,17-18,21H,3-12,15-16H2,1-2H3,(H,26,29). The maximum Gasteiger partial charge on any atom is 0.306 e. The van der Waals surface area contributed by atoms with Crippen molar-refractivity contribution in [2.24, 2.45) is 0 Å². The summed E-state index contributed by atoms with van der Waals surface area (Å²) in [5.41, 5.74) is 3.57. The van der Waals surface area contributed by atoms with Crippen molar-refractivity contribution in [1.29, 1.82) is 0 Å². The summed E-state index contributed by atoms with van der Waals surface area (Å²) in [6.07, 6.45) is 14.2. The second-order valence-electron chi connectivity index (χ2n) is 8.42. The van der Waals surface area contributed by atoms with E-state index in [0.29, 0.717) is 13.0 Å². The Morgan fingerprint density at radius 3 is 2.74 bits per heavy atom. The maximum atomic E-state index is 12.0. The third-order valence-corrected chi connectivity index (χ3v) is 5.93. The molecule has 2 aromatic heterocycles. The van der Waals surface area contributed by atoms with Gasteiger partial charge in [0, 0.05) is 24.6 Å². The van der Waals surface area contributed by atoms with E-state index in [4.69, 9.17) is 9.72 Å². The Morgan fingerprint density at radius 1 is 1.13 bits per heavy atom. The molecule has 1 N–H and O–H groups in total. The topological polar surface area (TPSA) is 77.0 Å². The quantitative estimate of drug-likeness (QED) is 0.397. The summed E-state index contributed by atoms with van der Waals surface area (Å²) in [4.78, 5) is 25.5. The maximum absolute atomic E-state index is 12.0. The fourth-order valence-corrected chi connectivity index (χ4v) is 4.14. The first-order valence-corrected chi connectivity index (χ1v) is 11.8. The average molecular weight is 425 g/mol. The Labute approximate surface area is 186 Å². The van der Waals surface area contributed by atoms with Crippen LogP contribution < -0.4 is 5.32 Å². The number of aryl methyl sites for hydroxylation is 3. The molecular formula is C25H36N4O2. The predicted octanol–water partition coefficient (Wildman–Crippen LogP) is 5.16. The van der Waals surface area contributed by atoms with E-state index in [1.807, 2.05) is 26.2 Å². The van der Waals surface area contributed by atoms with Gasteiger partial charge in [-0.05, 0) is 75.5 Å². The third-order valence-electron chi connectivity index (χ3n) is 5.93. The zero-order valence-corrected chi connectivity index (χ0v) is 19.0. The minimum Gasteiger partial charge on any atom is -0.466 e. The van der Waals surface area contributed by atoms with E-state index >= 15 is 0 Å². The van der Waals surface area contributed by atoms with E-state index in [2.05, 4.69) is 27.4 Å². The van der Waals surface area contributed by atoms with Crippen molar-refractivity contribution in [3.63, 3.8) is 0 Å². The molecule has 0 spiro atoms. The van der Waals surface area contributed by atoms with Gasteiger partial charge in [-0.25, -0.2) is 15.0 Å². The summed E-state index contributed by atoms with van der Waals surface area (Å²) in [5, 5.41) is 3.47. The van der Waals surface area contributed by atoms with E-state index in [1.165, 1.54) is 30.5 Å². The number of rotatable bonds is 11. The number of hydrogen-bond acceptors (Lipinski definition) is 6. The molecule has 0 bridgehead atoms. The zero-order valence-electron chi connectivity index (χ0n) is 19.0. The summed E-state index contributed by atoms with van der Waals surface area (Å²) >= 11 is 0. The lowest BCUT2D eigenvalue weighted by molar-refractivity contribution is -0.143. The molecule has 31 heavy (non-hydrogen) atoms. The van der Waals surface area contributed by atoms with Crippen LogP contribution in [0.25, 0.3) is 0 Å². The fraction of sp³-hybridized carbons (Fsp3) is 0.600. The van der Waals surface area contributed by atoms with E-state index in [-0.39, 0.29) is 11.9 Å². The van der Waals surface area contributed by atoms with E-state index in [9.17, 15) is 4.79 Å². The van der Waals surface area contributed by atoms with Crippen LogP contribution in [0.3, 0.4) is 0 Å². The molecule has 1 aliphatic rings. The molecule has 0 amide bonds. The van der Waals surface area contributed by atoms with Crippen molar-refractivity contribution in [3.8, 4) is 0 Å². The van der Waals surface area contributed by atoms with Gasteiger partial charge in [0.15, 0.2) is 0 Å². The predicted molar refractivity (Wildman–Crippen MR) is 123 cm³/mol. The van der Waals surface area contributed by atoms with Gasteiger partial charge < -0.3 is 10.1 Å². The molecule has 0 saturated heterocycles. The molecule has 0 radical (unpaired) electrons. The lowest BCUT2D eigenvalue weighted by Gasteiger charge is -2.16. The number of pyridine rings is 1. The zero-order chi connectivity index (χ0) is 21.9. The molecular weight excluding hydrogens is 388 g/mol. The Kier molecular flexibility index (Phi) is 9.25. The monoisotopic (exact) mass is 424 g/mol. The van der Waals surface area contributed by atoms with Crippen LogP contribution in [0.4, 0.5) is 5.82 Å². The first kappa shape index (κ1) is 23.2. The second-order valence-corrected chi connectivity index (χ2v) is 8.42. The molecule has 3 rings (SSSR count). The average Bonchev–Trinajstić information content (AvgIpc) is 3.01. The van der Waals surface area contributed by atoms with Crippen LogP contribution in [-0.2, 0) is 22.4 Å². The van der Waals surface area contributed by atoms with Gasteiger partial charge in [-0.1, -0.05) is 25.3 Å². The first-order valence-electron chi connectivity index (χ1n) is 11.8. The Hall–Kier alpha value is -2.50. The van der Waals surface area contributed by atoms with Crippen LogP contribution in [0.15, 0.2) is 24.5 Å². The SMILES string of the molecule is CCOC(=O)CC(CCCCCCc1ccc2c(n1)NCCCC2)c1cnc(C)nc1. The summed E-state index contributed by atoms with van der Waals surface area (Å²) < 4.78 is 5.17. The van der Waals surface area contributed by atoms with E-state index in [0.717, 1.165) is 62.3 Å². The minimum atomic E-state index is -0.143. The van der Waals surface area contributed by atoms with Crippen LogP contribution in [0.5, 0.6) is 0 Å². The highest BCUT2D eigenvalue weighted by atomic mass is 16.5. The number of carbonyl (C=O) groups excluding carboxylic acids is 1. The van der Waals surface area contributed by atoms with Gasteiger partial charge in [0.2, 0.25) is 0 Å². The van der Waals surface area contributed by atoms with Crippen molar-refractivity contribution in [2.45, 2.75) is 84.0 Å². The van der Waals surface area contributed by atoms with Crippen LogP contribution >= 0.6 is 0 Å². The van der Waals surface area contributed by atoms with Crippen LogP contribution in [-0.4, -0.2) is 34.1 Å². The first-order chi connectivity index (χ1) is 15.2. The number of nitrogens with zero attached hydrogens (tertiary/aromatic N) is 3. The number of nitrogens with one attached hydrogen (secondary N) is 1. The Bertz CT molecular complexity index is 823. The van der Waals surface area contributed by atoms with Crippen molar-refractivity contribution in [2.75, 3.05) is 18.5 Å². The third kappa shape index (κ3) is 7.60. The van der Waals surface area contributed by atoms with Gasteiger partial charge in [0.05, 0.1) is 13.0 Å². The summed E-state index contributed by atoms with van der Waals surface area (Å²) in [6.45, 7) is 5.17. The highest BCUT2D eigenvalue weighted by molar-refractivity contribution is 5.70. The molecule has 0 aliphatic carbocycles. The number of fused-ring (bicyclic) bond motifs is 1. The minimum absolute atomic E-state index is 0.122. The summed E-state index contributed by atoms with van der Waals surface area (Å²) in [7, 11) is 0. The molecule has 0 fully saturated rings. The van der Waals surface area contributed by atoms with Gasteiger partial charge in [0.25, 0.3) is 0 Å². The molecule has 3 heterocycles.